The van der Waals surface area contributed by atoms with Crippen LogP contribution in [0.1, 0.15) is 22.1 Å². The highest BCUT2D eigenvalue weighted by molar-refractivity contribution is 6.11. The van der Waals surface area contributed by atoms with Crippen LogP contribution in [0, 0.1) is 0 Å². The van der Waals surface area contributed by atoms with Gasteiger partial charge in [-0.25, -0.2) is 0 Å². The van der Waals surface area contributed by atoms with E-state index in [9.17, 15) is 9.90 Å². The maximum Gasteiger partial charge on any atom is 0.256 e. The monoisotopic (exact) mass is 341 g/mol. The standard InChI is InChI=1S/C18H23N5O2/c1-21(2)8-9-23-17(24)14-7-5-6-12-10-13(19-20-22(3)4)11-15(16(12)14)18(23)25/h5-7,10-11,17,24H,8-9H2,1-4H3. The highest BCUT2D eigenvalue weighted by Gasteiger charge is 2.32. The Balaban J connectivity index is 2.10. The summed E-state index contributed by atoms with van der Waals surface area (Å²) < 4.78 is 0. The van der Waals surface area contributed by atoms with Gasteiger partial charge in [0.25, 0.3) is 5.91 Å². The number of aliphatic hydroxyl groups excluding tert-OH is 1. The fourth-order valence-electron chi connectivity index (χ4n) is 2.99. The van der Waals surface area contributed by atoms with Gasteiger partial charge in [0, 0.05) is 38.1 Å². The number of hydrogen-bond donors (Lipinski definition) is 1. The van der Waals surface area contributed by atoms with Crippen molar-refractivity contribution >= 4 is 22.4 Å². The zero-order valence-electron chi connectivity index (χ0n) is 15.0. The maximum absolute atomic E-state index is 13.0. The average molecular weight is 341 g/mol. The van der Waals surface area contributed by atoms with Crippen LogP contribution in [-0.4, -0.2) is 67.1 Å². The maximum atomic E-state index is 13.0. The normalized spacial score (nSPS) is 17.1. The van der Waals surface area contributed by atoms with Gasteiger partial charge in [0.15, 0.2) is 6.23 Å². The Hall–Kier alpha value is -2.51. The molecule has 0 bridgehead atoms. The Morgan fingerprint density at radius 1 is 1.20 bits per heavy atom. The number of aliphatic hydroxyl groups is 1. The zero-order valence-corrected chi connectivity index (χ0v) is 15.0. The number of carbonyl (C=O) groups is 1. The molecule has 0 aromatic heterocycles. The van der Waals surface area contributed by atoms with Gasteiger partial charge >= 0.3 is 0 Å². The molecular formula is C18H23N5O2. The Morgan fingerprint density at radius 3 is 2.64 bits per heavy atom. The van der Waals surface area contributed by atoms with E-state index in [-0.39, 0.29) is 5.91 Å². The molecule has 7 nitrogen and oxygen atoms in total. The second-order valence-electron chi connectivity index (χ2n) is 6.65. The zero-order chi connectivity index (χ0) is 18.1. The van der Waals surface area contributed by atoms with Crippen LogP contribution in [0.3, 0.4) is 0 Å². The van der Waals surface area contributed by atoms with Crippen molar-refractivity contribution in [1.29, 1.82) is 0 Å². The van der Waals surface area contributed by atoms with Crippen molar-refractivity contribution < 1.29 is 9.90 Å². The molecule has 7 heteroatoms. The number of likely N-dealkylation sites (N-methyl/N-ethyl adjacent to an activating group) is 1. The molecule has 3 rings (SSSR count). The molecule has 0 saturated heterocycles. The third-order valence-corrected chi connectivity index (χ3v) is 4.19. The summed E-state index contributed by atoms with van der Waals surface area (Å²) in [6.07, 6.45) is -0.932. The quantitative estimate of drug-likeness (QED) is 0.670. The number of carbonyl (C=O) groups excluding carboxylic acids is 1. The van der Waals surface area contributed by atoms with Crippen LogP contribution >= 0.6 is 0 Å². The molecule has 2 aromatic carbocycles. The van der Waals surface area contributed by atoms with Gasteiger partial charge < -0.3 is 14.9 Å². The van der Waals surface area contributed by atoms with Gasteiger partial charge in [0.05, 0.1) is 11.3 Å². The van der Waals surface area contributed by atoms with Crippen molar-refractivity contribution in [3.05, 3.63) is 41.5 Å². The molecule has 25 heavy (non-hydrogen) atoms. The lowest BCUT2D eigenvalue weighted by Gasteiger charge is -2.34. The predicted molar refractivity (Wildman–Crippen MR) is 96.7 cm³/mol. The number of benzene rings is 2. The molecule has 1 aliphatic rings. The Kier molecular flexibility index (Phi) is 4.69. The molecule has 0 spiro atoms. The van der Waals surface area contributed by atoms with Gasteiger partial charge in [0.1, 0.15) is 0 Å². The van der Waals surface area contributed by atoms with Crippen LogP contribution < -0.4 is 0 Å². The number of hydrogen-bond acceptors (Lipinski definition) is 5. The van der Waals surface area contributed by atoms with Crippen molar-refractivity contribution in [2.24, 2.45) is 10.3 Å². The minimum absolute atomic E-state index is 0.181. The van der Waals surface area contributed by atoms with E-state index in [4.69, 9.17) is 0 Å². The van der Waals surface area contributed by atoms with Crippen LogP contribution in [0.4, 0.5) is 5.69 Å². The molecule has 0 saturated carbocycles. The lowest BCUT2D eigenvalue weighted by molar-refractivity contribution is 0.00280. The SMILES string of the molecule is CN(C)CCN1C(=O)c2cc(N=NN(C)C)cc3cccc(c23)C1O. The molecule has 132 valence electrons. The highest BCUT2D eigenvalue weighted by Crippen LogP contribution is 2.37. The van der Waals surface area contributed by atoms with Crippen LogP contribution in [0.2, 0.25) is 0 Å². The summed E-state index contributed by atoms with van der Waals surface area (Å²) in [5.74, 6) is -0.181. The Labute approximate surface area is 147 Å². The molecule has 1 heterocycles. The second kappa shape index (κ2) is 6.78. The van der Waals surface area contributed by atoms with Gasteiger partial charge in [-0.15, -0.1) is 5.11 Å². The third kappa shape index (κ3) is 3.33. The molecule has 2 aromatic rings. The van der Waals surface area contributed by atoms with Gasteiger partial charge in [-0.3, -0.25) is 9.80 Å². The first-order chi connectivity index (χ1) is 11.9. The van der Waals surface area contributed by atoms with Crippen LogP contribution in [0.15, 0.2) is 40.7 Å². The summed E-state index contributed by atoms with van der Waals surface area (Å²) in [5.41, 5.74) is 1.93. The molecule has 1 unspecified atom stereocenters. The first kappa shape index (κ1) is 17.3. The van der Waals surface area contributed by atoms with Gasteiger partial charge in [-0.1, -0.05) is 23.4 Å². The van der Waals surface area contributed by atoms with Crippen molar-refractivity contribution in [1.82, 2.24) is 14.8 Å². The van der Waals surface area contributed by atoms with Gasteiger partial charge in [-0.05, 0) is 31.6 Å². The predicted octanol–water partition coefficient (Wildman–Crippen LogP) is 2.41. The van der Waals surface area contributed by atoms with Crippen molar-refractivity contribution in [3.63, 3.8) is 0 Å². The van der Waals surface area contributed by atoms with E-state index in [1.807, 2.05) is 43.3 Å². The van der Waals surface area contributed by atoms with Crippen LogP contribution in [0.25, 0.3) is 10.8 Å². The first-order valence-corrected chi connectivity index (χ1v) is 8.18. The molecular weight excluding hydrogens is 318 g/mol. The van der Waals surface area contributed by atoms with Gasteiger partial charge in [-0.2, -0.15) is 0 Å². The van der Waals surface area contributed by atoms with Crippen molar-refractivity contribution in [2.75, 3.05) is 41.3 Å². The van der Waals surface area contributed by atoms with Crippen molar-refractivity contribution in [3.8, 4) is 0 Å². The van der Waals surface area contributed by atoms with Crippen molar-refractivity contribution in [2.45, 2.75) is 6.23 Å². The molecule has 0 radical (unpaired) electrons. The molecule has 0 aliphatic carbocycles. The lowest BCUT2D eigenvalue weighted by Crippen LogP contribution is -2.41. The molecule has 1 N–H and O–H groups in total. The van der Waals surface area contributed by atoms with Crippen LogP contribution in [-0.2, 0) is 0 Å². The van der Waals surface area contributed by atoms with E-state index < -0.39 is 6.23 Å². The average Bonchev–Trinajstić information content (AvgIpc) is 2.57. The fraction of sp³-hybridized carbons (Fsp3) is 0.389. The summed E-state index contributed by atoms with van der Waals surface area (Å²) in [6, 6.07) is 9.30. The summed E-state index contributed by atoms with van der Waals surface area (Å²) in [6.45, 7) is 1.13. The van der Waals surface area contributed by atoms with E-state index in [1.165, 1.54) is 4.90 Å². The van der Waals surface area contributed by atoms with Crippen LogP contribution in [0.5, 0.6) is 0 Å². The minimum atomic E-state index is -0.932. The van der Waals surface area contributed by atoms with E-state index >= 15 is 0 Å². The van der Waals surface area contributed by atoms with E-state index in [1.54, 1.807) is 25.2 Å². The topological polar surface area (TPSA) is 71.7 Å². The Morgan fingerprint density at radius 2 is 1.96 bits per heavy atom. The van der Waals surface area contributed by atoms with E-state index in [0.29, 0.717) is 24.3 Å². The number of amides is 1. The second-order valence-corrected chi connectivity index (χ2v) is 6.65. The lowest BCUT2D eigenvalue weighted by atomic mass is 9.93. The largest absolute Gasteiger partial charge is 0.369 e. The summed E-state index contributed by atoms with van der Waals surface area (Å²) in [7, 11) is 7.46. The molecule has 0 fully saturated rings. The van der Waals surface area contributed by atoms with E-state index in [0.717, 1.165) is 16.3 Å². The number of rotatable bonds is 5. The van der Waals surface area contributed by atoms with Gasteiger partial charge in [0.2, 0.25) is 0 Å². The first-order valence-electron chi connectivity index (χ1n) is 8.18. The molecule has 1 atom stereocenters. The Bertz CT molecular complexity index is 832. The smallest absolute Gasteiger partial charge is 0.256 e. The minimum Gasteiger partial charge on any atom is -0.369 e. The number of nitrogens with zero attached hydrogens (tertiary/aromatic N) is 5. The fourth-order valence-corrected chi connectivity index (χ4v) is 2.99. The third-order valence-electron chi connectivity index (χ3n) is 4.19. The van der Waals surface area contributed by atoms with E-state index in [2.05, 4.69) is 10.3 Å². The highest BCUT2D eigenvalue weighted by atomic mass is 16.3. The summed E-state index contributed by atoms with van der Waals surface area (Å²) in [4.78, 5) is 16.5. The summed E-state index contributed by atoms with van der Waals surface area (Å²) in [5, 5.41) is 22.2. The molecule has 1 amide bonds. The molecule has 1 aliphatic heterocycles. The summed E-state index contributed by atoms with van der Waals surface area (Å²) >= 11 is 0.